The predicted octanol–water partition coefficient (Wildman–Crippen LogP) is 2.20. The van der Waals surface area contributed by atoms with Crippen molar-refractivity contribution in [2.75, 3.05) is 13.1 Å². The van der Waals surface area contributed by atoms with Crippen LogP contribution in [0.5, 0.6) is 0 Å². The zero-order valence-corrected chi connectivity index (χ0v) is 30.4. The third kappa shape index (κ3) is 10.4. The van der Waals surface area contributed by atoms with Gasteiger partial charge in [0.1, 0.15) is 18.1 Å². The van der Waals surface area contributed by atoms with Crippen molar-refractivity contribution in [3.63, 3.8) is 0 Å². The Morgan fingerprint density at radius 3 is 2.32 bits per heavy atom. The Hall–Kier alpha value is -4.79. The first-order valence-electron chi connectivity index (χ1n) is 18.8. The van der Waals surface area contributed by atoms with Crippen molar-refractivity contribution in [2.24, 2.45) is 17.4 Å². The second-order valence-electron chi connectivity index (χ2n) is 14.4. The largest absolute Gasteiger partial charge is 0.480 e. The van der Waals surface area contributed by atoms with Gasteiger partial charge in [0.05, 0.1) is 18.1 Å². The van der Waals surface area contributed by atoms with Gasteiger partial charge in [0, 0.05) is 23.1 Å². The first-order chi connectivity index (χ1) is 25.5. The van der Waals surface area contributed by atoms with E-state index >= 15 is 0 Å². The molecule has 53 heavy (non-hydrogen) atoms. The lowest BCUT2D eigenvalue weighted by molar-refractivity contribution is -0.141. The van der Waals surface area contributed by atoms with E-state index < -0.39 is 65.8 Å². The Bertz CT molecular complexity index is 1720. The van der Waals surface area contributed by atoms with Gasteiger partial charge >= 0.3 is 5.97 Å². The van der Waals surface area contributed by atoms with Crippen LogP contribution in [-0.4, -0.2) is 76.9 Å². The molecule has 1 aromatic heterocycles. The summed E-state index contributed by atoms with van der Waals surface area (Å²) in [5.41, 5.74) is 15.0. The summed E-state index contributed by atoms with van der Waals surface area (Å²) in [6, 6.07) is 11.6. The maximum atomic E-state index is 14.1. The van der Waals surface area contributed by atoms with Gasteiger partial charge in [-0.1, -0.05) is 87.1 Å². The number of aromatic amines is 1. The number of aliphatic carboxylic acids is 1. The number of hydrogen-bond donors (Lipinski definition) is 9. The molecule has 0 spiro atoms. The van der Waals surface area contributed by atoms with E-state index in [4.69, 9.17) is 11.5 Å². The highest BCUT2D eigenvalue weighted by Gasteiger charge is 2.36. The van der Waals surface area contributed by atoms with E-state index in [9.17, 15) is 29.1 Å². The van der Waals surface area contributed by atoms with Gasteiger partial charge in [-0.3, -0.25) is 29.3 Å². The molecule has 4 amide bonds. The molecule has 2 unspecified atom stereocenters. The second kappa shape index (κ2) is 18.8. The number of carbonyl (C=O) groups is 5. The lowest BCUT2D eigenvalue weighted by atomic mass is 9.84. The number of nitrogens with two attached hydrogens (primary N) is 2. The molecule has 2 aromatic carbocycles. The number of carbonyl (C=O) groups excluding carboxylic acids is 4. The van der Waals surface area contributed by atoms with Crippen molar-refractivity contribution in [3.05, 3.63) is 71.4 Å². The number of rotatable bonds is 17. The fourth-order valence-corrected chi connectivity index (χ4v) is 7.43. The number of benzene rings is 2. The predicted molar refractivity (Wildman–Crippen MR) is 201 cm³/mol. The summed E-state index contributed by atoms with van der Waals surface area (Å²) in [6.07, 6.45) is 7.73. The van der Waals surface area contributed by atoms with Crippen molar-refractivity contribution in [1.29, 1.82) is 0 Å². The van der Waals surface area contributed by atoms with Crippen LogP contribution in [0.25, 0.3) is 10.9 Å². The standard InChI is InChI=1S/C39H54N8O6/c1-23(39(52)53)43-36(49)30(20-24-12-4-2-5-13-24)46-37(50)31-21-27-26-16-8-9-18-29(26)45-34(27)32(44-31)22-42-38(51)33(25-14-6-3-7-15-25)47-35(48)28(41)17-10-11-19-40/h3,6-9,14-16,18,23-24,28,30-33,44-45H,2,4-5,10-13,17,19-22,40-41H2,1H3,(H,42,51)(H,43,49)(H,46,50)(H,47,48)(H,52,53)/t23-,28-,30-,31?,32?,33-/m0/s1. The van der Waals surface area contributed by atoms with Gasteiger partial charge in [-0.05, 0) is 62.3 Å². The minimum Gasteiger partial charge on any atom is -0.480 e. The van der Waals surface area contributed by atoms with Crippen LogP contribution >= 0.6 is 0 Å². The highest BCUT2D eigenvalue weighted by Crippen LogP contribution is 2.32. The second-order valence-corrected chi connectivity index (χ2v) is 14.4. The fraction of sp³-hybridized carbons (Fsp3) is 0.513. The number of carboxylic acids is 1. The van der Waals surface area contributed by atoms with Crippen LogP contribution < -0.4 is 38.1 Å². The van der Waals surface area contributed by atoms with Crippen LogP contribution in [0.1, 0.15) is 93.6 Å². The van der Waals surface area contributed by atoms with Crippen LogP contribution in [0.15, 0.2) is 54.6 Å². The topological polar surface area (TPSA) is 234 Å². The van der Waals surface area contributed by atoms with Gasteiger partial charge in [-0.2, -0.15) is 0 Å². The van der Waals surface area contributed by atoms with E-state index in [1.165, 1.54) is 6.92 Å². The van der Waals surface area contributed by atoms with Gasteiger partial charge < -0.3 is 42.8 Å². The number of nitrogens with one attached hydrogen (secondary N) is 6. The lowest BCUT2D eigenvalue weighted by Crippen LogP contribution is -2.57. The summed E-state index contributed by atoms with van der Waals surface area (Å²) in [6.45, 7) is 1.97. The van der Waals surface area contributed by atoms with Gasteiger partial charge in [0.2, 0.25) is 23.6 Å². The summed E-state index contributed by atoms with van der Waals surface area (Å²) in [5, 5.41) is 25.1. The monoisotopic (exact) mass is 730 g/mol. The van der Waals surface area contributed by atoms with E-state index in [1.54, 1.807) is 24.3 Å². The molecular formula is C39H54N8O6. The van der Waals surface area contributed by atoms with Crippen LogP contribution in [-0.2, 0) is 30.4 Å². The Kier molecular flexibility index (Phi) is 14.0. The first-order valence-corrected chi connectivity index (χ1v) is 18.8. The van der Waals surface area contributed by atoms with Crippen molar-refractivity contribution in [3.8, 4) is 0 Å². The highest BCUT2D eigenvalue weighted by atomic mass is 16.4. The van der Waals surface area contributed by atoms with Crippen molar-refractivity contribution in [1.82, 2.24) is 31.6 Å². The average molecular weight is 731 g/mol. The molecule has 3 aromatic rings. The van der Waals surface area contributed by atoms with Gasteiger partial charge in [-0.25, -0.2) is 0 Å². The number of fused-ring (bicyclic) bond motifs is 3. The zero-order valence-electron chi connectivity index (χ0n) is 30.4. The summed E-state index contributed by atoms with van der Waals surface area (Å²) in [4.78, 5) is 69.4. The molecule has 0 bridgehead atoms. The molecule has 0 saturated heterocycles. The number of unbranched alkanes of at least 4 members (excludes halogenated alkanes) is 1. The Morgan fingerprint density at radius 1 is 0.887 bits per heavy atom. The minimum atomic E-state index is -1.16. The highest BCUT2D eigenvalue weighted by molar-refractivity contribution is 5.93. The molecule has 14 nitrogen and oxygen atoms in total. The third-order valence-electron chi connectivity index (χ3n) is 10.4. The molecule has 2 aliphatic rings. The van der Waals surface area contributed by atoms with E-state index in [2.05, 4.69) is 31.6 Å². The number of amides is 4. The SMILES string of the molecule is C[C@H](NC(=O)[C@H](CC1CCCCC1)NC(=O)C1Cc2c([nH]c3ccccc23)C(CNC(=O)[C@@H](NC(=O)[C@@H](N)CCCCN)c2ccccc2)N1)C(=O)O. The number of para-hydroxylation sites is 1. The molecule has 2 heterocycles. The van der Waals surface area contributed by atoms with Gasteiger partial charge in [-0.15, -0.1) is 0 Å². The van der Waals surface area contributed by atoms with E-state index in [1.807, 2.05) is 30.3 Å². The molecule has 11 N–H and O–H groups in total. The Morgan fingerprint density at radius 2 is 1.60 bits per heavy atom. The fourth-order valence-electron chi connectivity index (χ4n) is 7.43. The van der Waals surface area contributed by atoms with Crippen molar-refractivity contribution >= 4 is 40.5 Å². The first kappa shape index (κ1) is 39.4. The van der Waals surface area contributed by atoms with Crippen LogP contribution in [0.4, 0.5) is 0 Å². The quantitative estimate of drug-likeness (QED) is 0.0926. The maximum Gasteiger partial charge on any atom is 0.325 e. The molecule has 1 aliphatic carbocycles. The molecule has 1 aliphatic heterocycles. The van der Waals surface area contributed by atoms with Gasteiger partial charge in [0.25, 0.3) is 0 Å². The molecule has 286 valence electrons. The normalized spacial score (nSPS) is 19.6. The maximum absolute atomic E-state index is 14.1. The minimum absolute atomic E-state index is 0.0757. The number of H-pyrrole nitrogens is 1. The summed E-state index contributed by atoms with van der Waals surface area (Å²) in [5.74, 6) is -2.73. The molecule has 5 rings (SSSR count). The van der Waals surface area contributed by atoms with E-state index in [0.29, 0.717) is 37.8 Å². The van der Waals surface area contributed by atoms with Gasteiger partial charge in [0.15, 0.2) is 0 Å². The summed E-state index contributed by atoms with van der Waals surface area (Å²) in [7, 11) is 0. The molecule has 6 atom stereocenters. The number of aromatic nitrogens is 1. The molecule has 14 heteroatoms. The van der Waals surface area contributed by atoms with E-state index in [-0.39, 0.29) is 12.5 Å². The molecule has 1 fully saturated rings. The number of carboxylic acid groups (broad SMARTS) is 1. The average Bonchev–Trinajstić information content (AvgIpc) is 3.55. The van der Waals surface area contributed by atoms with Crippen molar-refractivity contribution < 1.29 is 29.1 Å². The number of hydrogen-bond acceptors (Lipinski definition) is 8. The van der Waals surface area contributed by atoms with Crippen LogP contribution in [0, 0.1) is 5.92 Å². The Balaban J connectivity index is 1.34. The molecular weight excluding hydrogens is 676 g/mol. The lowest BCUT2D eigenvalue weighted by Gasteiger charge is -2.33. The zero-order chi connectivity index (χ0) is 37.9. The molecule has 0 radical (unpaired) electrons. The Labute approximate surface area is 310 Å². The molecule has 1 saturated carbocycles. The summed E-state index contributed by atoms with van der Waals surface area (Å²) < 4.78 is 0. The summed E-state index contributed by atoms with van der Waals surface area (Å²) >= 11 is 0. The third-order valence-corrected chi connectivity index (χ3v) is 10.4. The van der Waals surface area contributed by atoms with E-state index in [0.717, 1.165) is 60.7 Å². The van der Waals surface area contributed by atoms with Crippen molar-refractivity contribution in [2.45, 2.75) is 107 Å². The van der Waals surface area contributed by atoms with Crippen LogP contribution in [0.2, 0.25) is 0 Å². The smallest absolute Gasteiger partial charge is 0.325 e. The van der Waals surface area contributed by atoms with Crippen LogP contribution in [0.3, 0.4) is 0 Å².